The monoisotopic (exact) mass is 308 g/mol. The minimum absolute atomic E-state index is 0.0517. The Labute approximate surface area is 123 Å². The van der Waals surface area contributed by atoms with E-state index >= 15 is 0 Å². The molecule has 2 aromatic heterocycles. The third-order valence-electron chi connectivity index (χ3n) is 3.58. The van der Waals surface area contributed by atoms with Crippen LogP contribution in [0.2, 0.25) is 0 Å². The highest BCUT2D eigenvalue weighted by atomic mass is 32.2. The first-order valence-electron chi connectivity index (χ1n) is 6.71. The average molecular weight is 308 g/mol. The van der Waals surface area contributed by atoms with Gasteiger partial charge in [0.05, 0.1) is 24.3 Å². The van der Waals surface area contributed by atoms with E-state index < -0.39 is 10.0 Å². The van der Waals surface area contributed by atoms with Crippen LogP contribution in [0.1, 0.15) is 24.5 Å². The summed E-state index contributed by atoms with van der Waals surface area (Å²) >= 11 is 0. The molecule has 21 heavy (non-hydrogen) atoms. The van der Waals surface area contributed by atoms with Crippen LogP contribution in [0.4, 0.5) is 0 Å². The van der Waals surface area contributed by atoms with Crippen LogP contribution in [-0.2, 0) is 10.0 Å². The summed E-state index contributed by atoms with van der Waals surface area (Å²) < 4.78 is 30.1. The largest absolute Gasteiger partial charge is 0.443 e. The maximum Gasteiger partial charge on any atom is 0.246 e. The van der Waals surface area contributed by atoms with Crippen molar-refractivity contribution in [3.8, 4) is 11.6 Å². The van der Waals surface area contributed by atoms with Gasteiger partial charge >= 0.3 is 0 Å². The average Bonchev–Trinajstić information content (AvgIpc) is 3.01. The van der Waals surface area contributed by atoms with Crippen molar-refractivity contribution in [3.05, 3.63) is 30.5 Å². The van der Waals surface area contributed by atoms with Crippen LogP contribution in [0.5, 0.6) is 0 Å². The van der Waals surface area contributed by atoms with Gasteiger partial charge in [-0.3, -0.25) is 4.98 Å². The molecule has 3 rings (SSSR count). The molecule has 112 valence electrons. The third kappa shape index (κ3) is 3.11. The molecule has 1 aliphatic rings. The Morgan fingerprint density at radius 3 is 2.95 bits per heavy atom. The van der Waals surface area contributed by atoms with E-state index in [-0.39, 0.29) is 5.92 Å². The molecule has 1 saturated heterocycles. The Balaban J connectivity index is 1.85. The smallest absolute Gasteiger partial charge is 0.246 e. The fourth-order valence-corrected chi connectivity index (χ4v) is 3.43. The molecule has 1 aliphatic heterocycles. The predicted molar refractivity (Wildman–Crippen MR) is 75.9 cm³/mol. The molecule has 1 fully saturated rings. The lowest BCUT2D eigenvalue weighted by atomic mass is 9.96. The Hall–Kier alpha value is -1.80. The summed E-state index contributed by atoms with van der Waals surface area (Å²) in [5.74, 6) is 0.469. The van der Waals surface area contributed by atoms with Crippen LogP contribution in [0.3, 0.4) is 0 Å². The summed E-state index contributed by atoms with van der Waals surface area (Å²) in [5.41, 5.74) is 1.34. The molecule has 0 saturated carbocycles. The van der Waals surface area contributed by atoms with E-state index in [2.05, 4.69) is 15.0 Å². The molecule has 8 heteroatoms. The zero-order valence-electron chi connectivity index (χ0n) is 11.6. The minimum atomic E-state index is -3.17. The van der Waals surface area contributed by atoms with E-state index in [1.54, 1.807) is 18.6 Å². The molecule has 0 aliphatic carbocycles. The van der Waals surface area contributed by atoms with Gasteiger partial charge in [-0.05, 0) is 12.8 Å². The summed E-state index contributed by atoms with van der Waals surface area (Å²) in [6, 6.07) is 0. The summed E-state index contributed by atoms with van der Waals surface area (Å²) in [6.07, 6.45) is 9.27. The molecule has 3 heterocycles. The molecule has 0 amide bonds. The normalized spacial score (nSPS) is 20.5. The van der Waals surface area contributed by atoms with Crippen LogP contribution in [0, 0.1) is 0 Å². The van der Waals surface area contributed by atoms with Gasteiger partial charge in [-0.25, -0.2) is 22.7 Å². The highest BCUT2D eigenvalue weighted by molar-refractivity contribution is 7.88. The highest BCUT2D eigenvalue weighted by Gasteiger charge is 2.28. The van der Waals surface area contributed by atoms with Crippen molar-refractivity contribution in [1.82, 2.24) is 19.3 Å². The molecule has 0 N–H and O–H groups in total. The number of hydrogen-bond acceptors (Lipinski definition) is 6. The summed E-state index contributed by atoms with van der Waals surface area (Å²) in [4.78, 5) is 12.7. The van der Waals surface area contributed by atoms with Crippen molar-refractivity contribution in [2.75, 3.05) is 19.3 Å². The van der Waals surface area contributed by atoms with E-state index in [0.717, 1.165) is 18.5 Å². The standard InChI is InChI=1S/C13H16N4O3S/c1-21(18,19)17-5-2-3-10(9-17)11-7-14-8-12(16-11)13-15-4-6-20-13/h4,6-8,10H,2-3,5,9H2,1H3/t10-/m0/s1. The Morgan fingerprint density at radius 1 is 1.38 bits per heavy atom. The van der Waals surface area contributed by atoms with Gasteiger partial charge in [0, 0.05) is 25.2 Å². The van der Waals surface area contributed by atoms with E-state index in [9.17, 15) is 8.42 Å². The second-order valence-electron chi connectivity index (χ2n) is 5.13. The quantitative estimate of drug-likeness (QED) is 0.848. The predicted octanol–water partition coefficient (Wildman–Crippen LogP) is 1.27. The zero-order chi connectivity index (χ0) is 14.9. The molecular weight excluding hydrogens is 292 g/mol. The van der Waals surface area contributed by atoms with E-state index in [1.165, 1.54) is 16.8 Å². The molecule has 2 aromatic rings. The van der Waals surface area contributed by atoms with Crippen LogP contribution in [0.15, 0.2) is 29.3 Å². The molecule has 1 atom stereocenters. The van der Waals surface area contributed by atoms with Crippen LogP contribution in [-0.4, -0.2) is 47.0 Å². The van der Waals surface area contributed by atoms with Gasteiger partial charge in [0.1, 0.15) is 12.0 Å². The molecule has 7 nitrogen and oxygen atoms in total. The second kappa shape index (κ2) is 5.53. The van der Waals surface area contributed by atoms with Gasteiger partial charge in [0.25, 0.3) is 0 Å². The number of aromatic nitrogens is 3. The lowest BCUT2D eigenvalue weighted by Crippen LogP contribution is -2.38. The van der Waals surface area contributed by atoms with Gasteiger partial charge in [-0.2, -0.15) is 0 Å². The minimum Gasteiger partial charge on any atom is -0.443 e. The van der Waals surface area contributed by atoms with Gasteiger partial charge in [0.2, 0.25) is 15.9 Å². The number of piperidine rings is 1. The van der Waals surface area contributed by atoms with Crippen molar-refractivity contribution in [3.63, 3.8) is 0 Å². The molecule has 0 bridgehead atoms. The van der Waals surface area contributed by atoms with Crippen molar-refractivity contribution in [2.45, 2.75) is 18.8 Å². The van der Waals surface area contributed by atoms with Gasteiger partial charge in [0.15, 0.2) is 0 Å². The van der Waals surface area contributed by atoms with Crippen molar-refractivity contribution in [1.29, 1.82) is 0 Å². The van der Waals surface area contributed by atoms with E-state index in [4.69, 9.17) is 4.42 Å². The van der Waals surface area contributed by atoms with Crippen molar-refractivity contribution < 1.29 is 12.8 Å². The molecule has 0 unspecified atom stereocenters. The first kappa shape index (κ1) is 14.2. The Morgan fingerprint density at radius 2 is 2.24 bits per heavy atom. The van der Waals surface area contributed by atoms with Gasteiger partial charge < -0.3 is 4.42 Å². The second-order valence-corrected chi connectivity index (χ2v) is 7.11. The Kier molecular flexibility index (Phi) is 3.73. The zero-order valence-corrected chi connectivity index (χ0v) is 12.5. The number of rotatable bonds is 3. The summed E-state index contributed by atoms with van der Waals surface area (Å²) in [5, 5.41) is 0. The van der Waals surface area contributed by atoms with Crippen molar-refractivity contribution >= 4 is 10.0 Å². The summed E-state index contributed by atoms with van der Waals surface area (Å²) in [6.45, 7) is 1.02. The topological polar surface area (TPSA) is 89.2 Å². The van der Waals surface area contributed by atoms with Crippen LogP contribution < -0.4 is 0 Å². The van der Waals surface area contributed by atoms with Crippen LogP contribution in [0.25, 0.3) is 11.6 Å². The first-order valence-corrected chi connectivity index (χ1v) is 8.56. The van der Waals surface area contributed by atoms with Gasteiger partial charge in [-0.1, -0.05) is 0 Å². The first-order chi connectivity index (χ1) is 10.0. The number of sulfonamides is 1. The number of nitrogens with zero attached hydrogens (tertiary/aromatic N) is 4. The number of hydrogen-bond donors (Lipinski definition) is 0. The van der Waals surface area contributed by atoms with E-state index in [0.29, 0.717) is 24.7 Å². The SMILES string of the molecule is CS(=O)(=O)N1CCC[C@H](c2cncc(-c3ncco3)n2)C1. The van der Waals surface area contributed by atoms with Crippen molar-refractivity contribution in [2.24, 2.45) is 0 Å². The lowest BCUT2D eigenvalue weighted by Gasteiger charge is -2.30. The number of oxazole rings is 1. The fraction of sp³-hybridized carbons (Fsp3) is 0.462. The fourth-order valence-electron chi connectivity index (χ4n) is 2.52. The van der Waals surface area contributed by atoms with Crippen LogP contribution >= 0.6 is 0 Å². The maximum absolute atomic E-state index is 11.7. The molecule has 0 radical (unpaired) electrons. The summed E-state index contributed by atoms with van der Waals surface area (Å²) in [7, 11) is -3.17. The molecular formula is C13H16N4O3S. The molecule has 0 spiro atoms. The lowest BCUT2D eigenvalue weighted by molar-refractivity contribution is 0.314. The maximum atomic E-state index is 11.7. The molecule has 0 aromatic carbocycles. The third-order valence-corrected chi connectivity index (χ3v) is 4.85. The Bertz CT molecular complexity index is 715. The van der Waals surface area contributed by atoms with Gasteiger partial charge in [-0.15, -0.1) is 0 Å². The highest BCUT2D eigenvalue weighted by Crippen LogP contribution is 2.27. The van der Waals surface area contributed by atoms with E-state index in [1.807, 2.05) is 0 Å².